The van der Waals surface area contributed by atoms with Gasteiger partial charge in [0.05, 0.1) is 6.20 Å². The van der Waals surface area contributed by atoms with Crippen molar-refractivity contribution < 1.29 is 4.39 Å². The number of benzene rings is 1. The van der Waals surface area contributed by atoms with Gasteiger partial charge in [0.15, 0.2) is 5.96 Å². The Hall–Kier alpha value is -2.37. The maximum absolute atomic E-state index is 13.5. The van der Waals surface area contributed by atoms with Crippen LogP contribution in [-0.2, 0) is 18.9 Å². The zero-order chi connectivity index (χ0) is 17.7. The molecule has 0 aliphatic heterocycles. The highest BCUT2D eigenvalue weighted by Crippen LogP contribution is 2.47. The van der Waals surface area contributed by atoms with Crippen molar-refractivity contribution >= 4 is 5.96 Å². The van der Waals surface area contributed by atoms with Gasteiger partial charge in [-0.25, -0.2) is 4.39 Å². The average molecular weight is 343 g/mol. The van der Waals surface area contributed by atoms with E-state index >= 15 is 0 Å². The third-order valence-electron chi connectivity index (χ3n) is 4.80. The Kier molecular flexibility index (Phi) is 5.36. The number of hydrogen-bond donors (Lipinski definition) is 2. The minimum atomic E-state index is -0.165. The summed E-state index contributed by atoms with van der Waals surface area (Å²) in [7, 11) is 3.71. The van der Waals surface area contributed by atoms with Gasteiger partial charge in [-0.1, -0.05) is 12.1 Å². The minimum Gasteiger partial charge on any atom is -0.356 e. The van der Waals surface area contributed by atoms with E-state index in [2.05, 4.69) is 20.7 Å². The lowest BCUT2D eigenvalue weighted by Gasteiger charge is -2.19. The van der Waals surface area contributed by atoms with E-state index in [-0.39, 0.29) is 11.2 Å². The molecule has 1 aliphatic rings. The number of halogens is 1. The number of aromatic nitrogens is 2. The molecule has 1 fully saturated rings. The summed E-state index contributed by atoms with van der Waals surface area (Å²) in [4.78, 5) is 4.28. The molecule has 6 heteroatoms. The van der Waals surface area contributed by atoms with Crippen molar-refractivity contribution in [1.29, 1.82) is 0 Å². The van der Waals surface area contributed by atoms with Crippen molar-refractivity contribution in [3.05, 3.63) is 53.6 Å². The van der Waals surface area contributed by atoms with Gasteiger partial charge in [0, 0.05) is 38.8 Å². The molecule has 0 unspecified atom stereocenters. The maximum Gasteiger partial charge on any atom is 0.191 e. The minimum absolute atomic E-state index is 0.0510. The van der Waals surface area contributed by atoms with Crippen molar-refractivity contribution in [1.82, 2.24) is 20.4 Å². The predicted molar refractivity (Wildman–Crippen MR) is 98.2 cm³/mol. The molecule has 0 saturated heterocycles. The molecule has 5 nitrogen and oxygen atoms in total. The molecule has 3 rings (SSSR count). The van der Waals surface area contributed by atoms with Crippen LogP contribution >= 0.6 is 0 Å². The first kappa shape index (κ1) is 17.5. The van der Waals surface area contributed by atoms with Gasteiger partial charge in [-0.3, -0.25) is 9.67 Å². The molecule has 1 aromatic carbocycles. The fourth-order valence-electron chi connectivity index (χ4n) is 3.11. The maximum atomic E-state index is 13.5. The van der Waals surface area contributed by atoms with Crippen LogP contribution in [0.1, 0.15) is 30.4 Å². The number of guanidine groups is 1. The van der Waals surface area contributed by atoms with Crippen LogP contribution in [-0.4, -0.2) is 35.9 Å². The van der Waals surface area contributed by atoms with Crippen molar-refractivity contribution in [3.63, 3.8) is 0 Å². The fraction of sp³-hybridized carbons (Fsp3) is 0.474. The number of nitrogens with one attached hydrogen (secondary N) is 2. The van der Waals surface area contributed by atoms with Gasteiger partial charge in [0.25, 0.3) is 0 Å². The van der Waals surface area contributed by atoms with Crippen LogP contribution in [0.25, 0.3) is 0 Å². The quantitative estimate of drug-likeness (QED) is 0.461. The smallest absolute Gasteiger partial charge is 0.191 e. The second-order valence-electron chi connectivity index (χ2n) is 6.77. The normalized spacial score (nSPS) is 15.9. The molecule has 1 saturated carbocycles. The Morgan fingerprint density at radius 2 is 2.20 bits per heavy atom. The first-order valence-electron chi connectivity index (χ1n) is 8.79. The lowest BCUT2D eigenvalue weighted by atomic mass is 9.96. The van der Waals surface area contributed by atoms with Crippen LogP contribution < -0.4 is 10.6 Å². The topological polar surface area (TPSA) is 54.2 Å². The van der Waals surface area contributed by atoms with Crippen LogP contribution in [0.4, 0.5) is 4.39 Å². The van der Waals surface area contributed by atoms with Crippen molar-refractivity contribution in [2.75, 3.05) is 20.1 Å². The molecular formula is C19H26FN5. The van der Waals surface area contributed by atoms with Crippen molar-refractivity contribution in [2.24, 2.45) is 12.0 Å². The van der Waals surface area contributed by atoms with Gasteiger partial charge >= 0.3 is 0 Å². The largest absolute Gasteiger partial charge is 0.356 e. The molecule has 134 valence electrons. The van der Waals surface area contributed by atoms with E-state index in [0.29, 0.717) is 0 Å². The van der Waals surface area contributed by atoms with E-state index in [4.69, 9.17) is 0 Å². The Bertz CT molecular complexity index is 733. The SMILES string of the molecule is CN=C(NCCCc1cnn(C)c1)NCC1(c2cccc(F)c2)CC1. The van der Waals surface area contributed by atoms with Gasteiger partial charge < -0.3 is 10.6 Å². The van der Waals surface area contributed by atoms with Crippen molar-refractivity contribution in [3.8, 4) is 0 Å². The van der Waals surface area contributed by atoms with Crippen LogP contribution in [0.5, 0.6) is 0 Å². The summed E-state index contributed by atoms with van der Waals surface area (Å²) in [5.74, 6) is 0.635. The summed E-state index contributed by atoms with van der Waals surface area (Å²) in [6, 6.07) is 6.95. The summed E-state index contributed by atoms with van der Waals surface area (Å²) in [5, 5.41) is 10.9. The molecule has 0 bridgehead atoms. The highest BCUT2D eigenvalue weighted by atomic mass is 19.1. The summed E-state index contributed by atoms with van der Waals surface area (Å²) in [6.07, 6.45) is 8.13. The lowest BCUT2D eigenvalue weighted by molar-refractivity contribution is 0.606. The monoisotopic (exact) mass is 343 g/mol. The molecule has 0 amide bonds. The average Bonchev–Trinajstić information content (AvgIpc) is 3.29. The summed E-state index contributed by atoms with van der Waals surface area (Å²) in [5.41, 5.74) is 2.37. The second-order valence-corrected chi connectivity index (χ2v) is 6.77. The van der Waals surface area contributed by atoms with E-state index < -0.39 is 0 Å². The molecule has 0 atom stereocenters. The molecule has 0 spiro atoms. The Labute approximate surface area is 148 Å². The van der Waals surface area contributed by atoms with Gasteiger partial charge in [0.1, 0.15) is 5.82 Å². The third-order valence-corrected chi connectivity index (χ3v) is 4.80. The fourth-order valence-corrected chi connectivity index (χ4v) is 3.11. The number of nitrogens with zero attached hydrogens (tertiary/aromatic N) is 3. The van der Waals surface area contributed by atoms with Gasteiger partial charge in [0.2, 0.25) is 0 Å². The summed E-state index contributed by atoms with van der Waals surface area (Å²) in [6.45, 7) is 1.63. The van der Waals surface area contributed by atoms with Crippen molar-refractivity contribution in [2.45, 2.75) is 31.1 Å². The van der Waals surface area contributed by atoms with E-state index in [1.807, 2.05) is 30.2 Å². The molecule has 1 heterocycles. The van der Waals surface area contributed by atoms with Crippen LogP contribution in [0.15, 0.2) is 41.7 Å². The predicted octanol–water partition coefficient (Wildman–Crippen LogP) is 2.39. The molecule has 1 aromatic heterocycles. The number of aliphatic imine (C=N–C) groups is 1. The van der Waals surface area contributed by atoms with Crippen LogP contribution in [0, 0.1) is 5.82 Å². The second kappa shape index (κ2) is 7.68. The number of aryl methyl sites for hydroxylation is 2. The Morgan fingerprint density at radius 1 is 1.36 bits per heavy atom. The first-order valence-corrected chi connectivity index (χ1v) is 8.79. The molecule has 0 radical (unpaired) electrons. The zero-order valence-electron chi connectivity index (χ0n) is 14.9. The van der Waals surface area contributed by atoms with Gasteiger partial charge in [-0.05, 0) is 48.9 Å². The van der Waals surface area contributed by atoms with E-state index in [9.17, 15) is 4.39 Å². The lowest BCUT2D eigenvalue weighted by Crippen LogP contribution is -2.41. The van der Waals surface area contributed by atoms with Gasteiger partial charge in [-0.15, -0.1) is 0 Å². The third kappa shape index (κ3) is 4.59. The summed E-state index contributed by atoms with van der Waals surface area (Å²) < 4.78 is 15.3. The molecule has 1 aliphatic carbocycles. The Balaban J connectivity index is 1.43. The van der Waals surface area contributed by atoms with E-state index in [1.165, 1.54) is 11.6 Å². The first-order chi connectivity index (χ1) is 12.1. The molecule has 2 aromatic rings. The van der Waals surface area contributed by atoms with E-state index in [1.54, 1.807) is 19.2 Å². The molecular weight excluding hydrogens is 317 g/mol. The molecule has 2 N–H and O–H groups in total. The highest BCUT2D eigenvalue weighted by Gasteiger charge is 2.44. The summed E-state index contributed by atoms with van der Waals surface area (Å²) >= 11 is 0. The number of hydrogen-bond acceptors (Lipinski definition) is 2. The standard InChI is InChI=1S/C19H26FN5/c1-21-18(22-10-4-5-15-12-24-25(2)13-15)23-14-19(8-9-19)16-6-3-7-17(20)11-16/h3,6-7,11-13H,4-5,8-10,14H2,1-2H3,(H2,21,22,23). The van der Waals surface area contributed by atoms with Crippen LogP contribution in [0.2, 0.25) is 0 Å². The number of rotatable bonds is 7. The highest BCUT2D eigenvalue weighted by molar-refractivity contribution is 5.79. The molecule has 25 heavy (non-hydrogen) atoms. The van der Waals surface area contributed by atoms with E-state index in [0.717, 1.165) is 50.3 Å². The Morgan fingerprint density at radius 3 is 2.84 bits per heavy atom. The van der Waals surface area contributed by atoms with Gasteiger partial charge in [-0.2, -0.15) is 5.10 Å². The van der Waals surface area contributed by atoms with Crippen LogP contribution in [0.3, 0.4) is 0 Å². The zero-order valence-corrected chi connectivity index (χ0v) is 14.9.